The van der Waals surface area contributed by atoms with Crippen LogP contribution in [0.1, 0.15) is 32.3 Å². The van der Waals surface area contributed by atoms with Crippen LogP contribution >= 0.6 is 34.8 Å². The molecule has 0 aliphatic carbocycles. The summed E-state index contributed by atoms with van der Waals surface area (Å²) >= 11 is 18.8. The average Bonchev–Trinajstić information content (AvgIpc) is 2.90. The number of carbonyl (C=O) groups is 2. The Morgan fingerprint density at radius 2 is 1.54 bits per heavy atom. The lowest BCUT2D eigenvalue weighted by atomic mass is 10.1. The second kappa shape index (κ2) is 14.0. The lowest BCUT2D eigenvalue weighted by Crippen LogP contribution is -2.51. The summed E-state index contributed by atoms with van der Waals surface area (Å²) in [7, 11) is -4.22. The van der Waals surface area contributed by atoms with Crippen molar-refractivity contribution in [2.45, 2.75) is 44.2 Å². The molecule has 0 aliphatic rings. The Hall–Kier alpha value is -2.78. The van der Waals surface area contributed by atoms with Crippen molar-refractivity contribution in [2.75, 3.05) is 17.4 Å². The molecule has 1 atom stereocenters. The van der Waals surface area contributed by atoms with Gasteiger partial charge in [-0.3, -0.25) is 13.9 Å². The number of halogens is 3. The molecule has 0 aromatic heterocycles. The fourth-order valence-corrected chi connectivity index (χ4v) is 5.99. The summed E-state index contributed by atoms with van der Waals surface area (Å²) in [5.74, 6) is -0.962. The molecule has 0 unspecified atom stereocenters. The van der Waals surface area contributed by atoms with Crippen LogP contribution in [0.25, 0.3) is 0 Å². The van der Waals surface area contributed by atoms with Crippen molar-refractivity contribution in [3.8, 4) is 0 Å². The third-order valence-electron chi connectivity index (χ3n) is 6.04. The van der Waals surface area contributed by atoms with Crippen molar-refractivity contribution in [2.24, 2.45) is 0 Å². The van der Waals surface area contributed by atoms with Crippen LogP contribution < -0.4 is 9.62 Å². The van der Waals surface area contributed by atoms with E-state index in [-0.39, 0.29) is 33.1 Å². The van der Waals surface area contributed by atoms with E-state index in [2.05, 4.69) is 5.32 Å². The zero-order valence-corrected chi connectivity index (χ0v) is 24.7. The molecule has 1 N–H and O–H groups in total. The van der Waals surface area contributed by atoms with Crippen molar-refractivity contribution >= 4 is 62.3 Å². The molecule has 0 radical (unpaired) electrons. The van der Waals surface area contributed by atoms with E-state index in [1.54, 1.807) is 49.4 Å². The Bertz CT molecular complexity index is 1380. The maximum atomic E-state index is 13.9. The minimum Gasteiger partial charge on any atom is -0.354 e. The van der Waals surface area contributed by atoms with Crippen molar-refractivity contribution in [3.05, 3.63) is 93.4 Å². The number of amides is 2. The first-order valence-corrected chi connectivity index (χ1v) is 15.0. The SMILES string of the molecule is CCCCNC(=O)[C@@H](C)N(Cc1ccccc1Cl)C(=O)CN(c1cc(Cl)cc(Cl)c1)S(=O)(=O)c1ccccc1. The number of nitrogens with zero attached hydrogens (tertiary/aromatic N) is 2. The minimum absolute atomic E-state index is 0.00357. The van der Waals surface area contributed by atoms with Crippen LogP contribution in [0.2, 0.25) is 15.1 Å². The molecule has 0 saturated heterocycles. The fraction of sp³-hybridized carbons (Fsp3) is 0.286. The van der Waals surface area contributed by atoms with Gasteiger partial charge in [0.05, 0.1) is 10.6 Å². The van der Waals surface area contributed by atoms with Gasteiger partial charge in [-0.15, -0.1) is 0 Å². The van der Waals surface area contributed by atoms with Gasteiger partial charge in [0.15, 0.2) is 0 Å². The van der Waals surface area contributed by atoms with Gasteiger partial charge >= 0.3 is 0 Å². The Labute approximate surface area is 244 Å². The van der Waals surface area contributed by atoms with E-state index in [1.807, 2.05) is 6.92 Å². The molecular formula is C28H30Cl3N3O4S. The molecule has 0 fully saturated rings. The van der Waals surface area contributed by atoms with Crippen LogP contribution in [0.3, 0.4) is 0 Å². The zero-order valence-electron chi connectivity index (χ0n) is 21.6. The third kappa shape index (κ3) is 8.11. The molecule has 0 heterocycles. The van der Waals surface area contributed by atoms with Gasteiger partial charge in [0.2, 0.25) is 11.8 Å². The van der Waals surface area contributed by atoms with Crippen LogP contribution in [0, 0.1) is 0 Å². The molecule has 39 heavy (non-hydrogen) atoms. The third-order valence-corrected chi connectivity index (χ3v) is 8.63. The summed E-state index contributed by atoms with van der Waals surface area (Å²) in [5, 5.41) is 3.67. The molecule has 0 spiro atoms. The minimum atomic E-state index is -4.22. The van der Waals surface area contributed by atoms with E-state index >= 15 is 0 Å². The molecule has 208 valence electrons. The highest BCUT2D eigenvalue weighted by molar-refractivity contribution is 7.92. The number of hydrogen-bond donors (Lipinski definition) is 1. The van der Waals surface area contributed by atoms with E-state index in [1.165, 1.54) is 35.2 Å². The van der Waals surface area contributed by atoms with Gasteiger partial charge in [0.25, 0.3) is 10.0 Å². The van der Waals surface area contributed by atoms with Gasteiger partial charge in [-0.2, -0.15) is 0 Å². The Morgan fingerprint density at radius 1 is 0.923 bits per heavy atom. The smallest absolute Gasteiger partial charge is 0.264 e. The molecule has 0 aliphatic heterocycles. The van der Waals surface area contributed by atoms with Gasteiger partial charge < -0.3 is 10.2 Å². The first-order valence-electron chi connectivity index (χ1n) is 12.4. The van der Waals surface area contributed by atoms with Gasteiger partial charge in [0, 0.05) is 28.2 Å². The molecule has 0 saturated carbocycles. The van der Waals surface area contributed by atoms with Crippen LogP contribution in [0.5, 0.6) is 0 Å². The molecule has 3 aromatic carbocycles. The van der Waals surface area contributed by atoms with Crippen LogP contribution in [-0.4, -0.2) is 44.3 Å². The van der Waals surface area contributed by atoms with E-state index in [9.17, 15) is 18.0 Å². The number of nitrogens with one attached hydrogen (secondary N) is 1. The van der Waals surface area contributed by atoms with E-state index in [0.717, 1.165) is 17.1 Å². The quantitative estimate of drug-likeness (QED) is 0.248. The summed E-state index contributed by atoms with van der Waals surface area (Å²) in [6, 6.07) is 18.1. The number of unbranched alkanes of at least 4 members (excludes halogenated alkanes) is 1. The molecule has 11 heteroatoms. The summed E-state index contributed by atoms with van der Waals surface area (Å²) in [6.07, 6.45) is 1.68. The predicted octanol–water partition coefficient (Wildman–Crippen LogP) is 6.18. The number of carbonyl (C=O) groups excluding carboxylic acids is 2. The van der Waals surface area contributed by atoms with Crippen molar-refractivity contribution in [1.29, 1.82) is 0 Å². The van der Waals surface area contributed by atoms with Gasteiger partial charge in [0.1, 0.15) is 12.6 Å². The number of anilines is 1. The largest absolute Gasteiger partial charge is 0.354 e. The Kier molecular flexibility index (Phi) is 11.1. The second-order valence-corrected chi connectivity index (χ2v) is 12.0. The fourth-order valence-electron chi connectivity index (χ4n) is 3.86. The maximum absolute atomic E-state index is 13.9. The van der Waals surface area contributed by atoms with Crippen molar-refractivity contribution in [1.82, 2.24) is 10.2 Å². The lowest BCUT2D eigenvalue weighted by Gasteiger charge is -2.32. The summed E-state index contributed by atoms with van der Waals surface area (Å²) in [4.78, 5) is 28.2. The first kappa shape index (κ1) is 30.8. The monoisotopic (exact) mass is 609 g/mol. The average molecular weight is 611 g/mol. The van der Waals surface area contributed by atoms with Crippen molar-refractivity contribution < 1.29 is 18.0 Å². The van der Waals surface area contributed by atoms with Gasteiger partial charge in [-0.25, -0.2) is 8.42 Å². The number of sulfonamides is 1. The lowest BCUT2D eigenvalue weighted by molar-refractivity contribution is -0.139. The molecule has 3 rings (SSSR count). The highest BCUT2D eigenvalue weighted by Gasteiger charge is 2.33. The van der Waals surface area contributed by atoms with E-state index in [4.69, 9.17) is 34.8 Å². The van der Waals surface area contributed by atoms with Gasteiger partial charge in [-0.1, -0.05) is 84.5 Å². The highest BCUT2D eigenvalue weighted by atomic mass is 35.5. The second-order valence-electron chi connectivity index (χ2n) is 8.89. The highest BCUT2D eigenvalue weighted by Crippen LogP contribution is 2.30. The van der Waals surface area contributed by atoms with E-state index < -0.39 is 28.5 Å². The van der Waals surface area contributed by atoms with Crippen LogP contribution in [-0.2, 0) is 26.2 Å². The Morgan fingerprint density at radius 3 is 2.15 bits per heavy atom. The number of rotatable bonds is 12. The number of hydrogen-bond acceptors (Lipinski definition) is 4. The molecule has 2 amide bonds. The summed E-state index contributed by atoms with van der Waals surface area (Å²) in [6.45, 7) is 3.46. The van der Waals surface area contributed by atoms with Crippen LogP contribution in [0.15, 0.2) is 77.7 Å². The summed E-state index contributed by atoms with van der Waals surface area (Å²) in [5.41, 5.74) is 0.728. The van der Waals surface area contributed by atoms with E-state index in [0.29, 0.717) is 17.1 Å². The summed E-state index contributed by atoms with van der Waals surface area (Å²) < 4.78 is 28.5. The van der Waals surface area contributed by atoms with Gasteiger partial charge in [-0.05, 0) is 55.3 Å². The van der Waals surface area contributed by atoms with Crippen molar-refractivity contribution in [3.63, 3.8) is 0 Å². The molecule has 0 bridgehead atoms. The topological polar surface area (TPSA) is 86.8 Å². The van der Waals surface area contributed by atoms with Crippen LogP contribution in [0.4, 0.5) is 5.69 Å². The molecule has 7 nitrogen and oxygen atoms in total. The first-order chi connectivity index (χ1) is 18.5. The Balaban J connectivity index is 2.03. The maximum Gasteiger partial charge on any atom is 0.264 e. The normalized spacial score (nSPS) is 12.0. The zero-order chi connectivity index (χ0) is 28.6. The predicted molar refractivity (Wildman–Crippen MR) is 157 cm³/mol. The molecule has 3 aromatic rings. The molecular weight excluding hydrogens is 581 g/mol. The standard InChI is InChI=1S/C28H30Cl3N3O4S/c1-3-4-14-32-28(36)20(2)33(18-21-10-8-9-13-26(21)31)27(35)19-34(24-16-22(29)15-23(30)17-24)39(37,38)25-11-6-5-7-12-25/h5-13,15-17,20H,3-4,14,18-19H2,1-2H3,(H,32,36)/t20-/m1/s1. The number of benzene rings is 3.